The zero-order chi connectivity index (χ0) is 21.2. The van der Waals surface area contributed by atoms with Crippen molar-refractivity contribution in [3.63, 3.8) is 0 Å². The molecule has 2 N–H and O–H groups in total. The Morgan fingerprint density at radius 2 is 2.03 bits per heavy atom. The number of benzene rings is 2. The molecule has 2 aromatic heterocycles. The maximum atomic E-state index is 6.37. The highest BCUT2D eigenvalue weighted by Crippen LogP contribution is 2.42. The fraction of sp³-hybridized carbons (Fsp3) is 0.0909. The lowest BCUT2D eigenvalue weighted by Crippen LogP contribution is -2.17. The monoisotopic (exact) mass is 492 g/mol. The molecule has 1 atom stereocenters. The van der Waals surface area contributed by atoms with Crippen LogP contribution in [-0.2, 0) is 0 Å². The first-order valence-electron chi connectivity index (χ1n) is 9.53. The molecule has 0 aliphatic carbocycles. The van der Waals surface area contributed by atoms with Gasteiger partial charge in [-0.1, -0.05) is 64.1 Å². The molecule has 7 nitrogen and oxygen atoms in total. The van der Waals surface area contributed by atoms with Gasteiger partial charge in [-0.2, -0.15) is 10.1 Å². The van der Waals surface area contributed by atoms with Gasteiger partial charge in [-0.25, -0.2) is 0 Å². The van der Waals surface area contributed by atoms with E-state index in [9.17, 15) is 0 Å². The lowest BCUT2D eigenvalue weighted by Gasteiger charge is -2.19. The molecule has 0 fully saturated rings. The normalized spacial score (nSPS) is 14.5. The van der Waals surface area contributed by atoms with Crippen molar-refractivity contribution in [2.24, 2.45) is 0 Å². The summed E-state index contributed by atoms with van der Waals surface area (Å²) in [6.07, 6.45) is 3.05. The van der Waals surface area contributed by atoms with Crippen LogP contribution in [0.4, 0.5) is 5.69 Å². The number of H-pyrrole nitrogens is 1. The smallest absolute Gasteiger partial charge is 0.247 e. The van der Waals surface area contributed by atoms with Crippen LogP contribution in [0.3, 0.4) is 0 Å². The second kappa shape index (κ2) is 8.52. The molecular formula is C22H17BrN6OS. The van der Waals surface area contributed by atoms with E-state index < -0.39 is 6.23 Å². The van der Waals surface area contributed by atoms with Gasteiger partial charge in [0.15, 0.2) is 5.69 Å². The first-order chi connectivity index (χ1) is 15.2. The molecule has 0 radical (unpaired) electrons. The second-order valence-electron chi connectivity index (χ2n) is 6.75. The summed E-state index contributed by atoms with van der Waals surface area (Å²) in [7, 11) is 0. The van der Waals surface area contributed by atoms with Crippen LogP contribution in [0.25, 0.3) is 22.5 Å². The van der Waals surface area contributed by atoms with E-state index in [1.165, 1.54) is 11.8 Å². The van der Waals surface area contributed by atoms with Crippen LogP contribution in [0.2, 0.25) is 0 Å². The maximum Gasteiger partial charge on any atom is 0.247 e. The summed E-state index contributed by atoms with van der Waals surface area (Å²) < 4.78 is 7.30. The first-order valence-corrected chi connectivity index (χ1v) is 11.3. The third-order valence-corrected chi connectivity index (χ3v) is 6.06. The topological polar surface area (TPSA) is 88.6 Å². The standard InChI is InChI=1S/C22H17BrN6OS/c1-2-10-31-22-26-21-19(28-29-22)15-11-14(23)8-9-17(15)25-20(30-21)16-12-24-27-18(16)13-6-4-3-5-7-13/h2-9,11-12,20,25H,1,10H2,(H,24,27). The molecular weight excluding hydrogens is 476 g/mol. The summed E-state index contributed by atoms with van der Waals surface area (Å²) in [6, 6.07) is 15.9. The quantitative estimate of drug-likeness (QED) is 0.282. The average Bonchev–Trinajstić information content (AvgIpc) is 3.23. The van der Waals surface area contributed by atoms with Gasteiger partial charge in [0.2, 0.25) is 17.3 Å². The summed E-state index contributed by atoms with van der Waals surface area (Å²) in [4.78, 5) is 4.64. The number of halogens is 1. The van der Waals surface area contributed by atoms with Crippen molar-refractivity contribution in [1.82, 2.24) is 25.4 Å². The molecule has 4 aromatic rings. The number of hydrogen-bond donors (Lipinski definition) is 2. The highest BCUT2D eigenvalue weighted by Gasteiger charge is 2.29. The zero-order valence-electron chi connectivity index (χ0n) is 16.2. The number of anilines is 1. The van der Waals surface area contributed by atoms with Crippen LogP contribution in [0.15, 0.2) is 77.0 Å². The lowest BCUT2D eigenvalue weighted by molar-refractivity contribution is 0.226. The average molecular weight is 493 g/mol. The van der Waals surface area contributed by atoms with E-state index in [2.05, 4.69) is 53.2 Å². The van der Waals surface area contributed by atoms with E-state index in [4.69, 9.17) is 4.74 Å². The van der Waals surface area contributed by atoms with Gasteiger partial charge in [-0.15, -0.1) is 16.8 Å². The minimum absolute atomic E-state index is 0.413. The summed E-state index contributed by atoms with van der Waals surface area (Å²) in [6.45, 7) is 3.75. The fourth-order valence-electron chi connectivity index (χ4n) is 3.34. The summed E-state index contributed by atoms with van der Waals surface area (Å²) in [5.41, 5.74) is 5.07. The van der Waals surface area contributed by atoms with Crippen LogP contribution in [0, 0.1) is 0 Å². The molecule has 1 aliphatic heterocycles. The molecule has 5 rings (SSSR count). The number of ether oxygens (including phenoxy) is 1. The van der Waals surface area contributed by atoms with Crippen molar-refractivity contribution < 1.29 is 4.74 Å². The molecule has 31 heavy (non-hydrogen) atoms. The molecule has 0 saturated carbocycles. The Balaban J connectivity index is 1.62. The summed E-state index contributed by atoms with van der Waals surface area (Å²) in [5, 5.41) is 20.1. The Labute approximate surface area is 191 Å². The van der Waals surface area contributed by atoms with Gasteiger partial charge in [0.1, 0.15) is 0 Å². The number of fused-ring (bicyclic) bond motifs is 3. The number of rotatable bonds is 5. The molecule has 154 valence electrons. The molecule has 0 amide bonds. The molecule has 1 unspecified atom stereocenters. The van der Waals surface area contributed by atoms with Gasteiger partial charge in [0.05, 0.1) is 17.5 Å². The van der Waals surface area contributed by atoms with Crippen LogP contribution in [-0.4, -0.2) is 31.1 Å². The summed E-state index contributed by atoms with van der Waals surface area (Å²) >= 11 is 5.00. The van der Waals surface area contributed by atoms with Crippen molar-refractivity contribution in [2.45, 2.75) is 11.4 Å². The molecule has 2 aromatic carbocycles. The van der Waals surface area contributed by atoms with Crippen molar-refractivity contribution >= 4 is 33.4 Å². The SMILES string of the molecule is C=CCSc1nnc2c(n1)OC(c1cn[nH]c1-c1ccccc1)Nc1ccc(Br)cc1-2. The Bertz CT molecular complexity index is 1250. The van der Waals surface area contributed by atoms with E-state index in [-0.39, 0.29) is 0 Å². The molecule has 0 saturated heterocycles. The van der Waals surface area contributed by atoms with E-state index in [1.54, 1.807) is 12.3 Å². The number of aromatic amines is 1. The zero-order valence-corrected chi connectivity index (χ0v) is 18.7. The predicted molar refractivity (Wildman–Crippen MR) is 125 cm³/mol. The molecule has 9 heteroatoms. The van der Waals surface area contributed by atoms with E-state index in [0.29, 0.717) is 22.5 Å². The van der Waals surface area contributed by atoms with Crippen molar-refractivity contribution in [1.29, 1.82) is 0 Å². The van der Waals surface area contributed by atoms with Crippen LogP contribution < -0.4 is 10.1 Å². The Hall–Kier alpha value is -3.17. The third kappa shape index (κ3) is 3.94. The van der Waals surface area contributed by atoms with E-state index in [0.717, 1.165) is 32.5 Å². The predicted octanol–water partition coefficient (Wildman–Crippen LogP) is 5.47. The first kappa shape index (κ1) is 19.8. The minimum atomic E-state index is -0.524. The van der Waals surface area contributed by atoms with Gasteiger partial charge in [0, 0.05) is 27.0 Å². The van der Waals surface area contributed by atoms with Crippen molar-refractivity contribution in [3.05, 3.63) is 77.4 Å². The van der Waals surface area contributed by atoms with Gasteiger partial charge in [0.25, 0.3) is 0 Å². The van der Waals surface area contributed by atoms with Crippen LogP contribution in [0.1, 0.15) is 11.8 Å². The largest absolute Gasteiger partial charge is 0.448 e. The van der Waals surface area contributed by atoms with E-state index >= 15 is 0 Å². The minimum Gasteiger partial charge on any atom is -0.448 e. The molecule has 3 heterocycles. The Kier molecular flexibility index (Phi) is 5.44. The van der Waals surface area contributed by atoms with Crippen molar-refractivity contribution in [3.8, 4) is 28.4 Å². The number of thioether (sulfide) groups is 1. The van der Waals surface area contributed by atoms with Crippen molar-refractivity contribution in [2.75, 3.05) is 11.1 Å². The van der Waals surface area contributed by atoms with E-state index in [1.807, 2.05) is 48.5 Å². The second-order valence-corrected chi connectivity index (χ2v) is 8.65. The Morgan fingerprint density at radius 3 is 2.87 bits per heavy atom. The number of nitrogens with zero attached hydrogens (tertiary/aromatic N) is 4. The van der Waals surface area contributed by atoms with Crippen LogP contribution in [0.5, 0.6) is 5.88 Å². The highest BCUT2D eigenvalue weighted by atomic mass is 79.9. The summed E-state index contributed by atoms with van der Waals surface area (Å²) in [5.74, 6) is 1.10. The Morgan fingerprint density at radius 1 is 1.16 bits per heavy atom. The fourth-order valence-corrected chi connectivity index (χ4v) is 4.21. The molecule has 0 spiro atoms. The lowest BCUT2D eigenvalue weighted by atomic mass is 10.1. The van der Waals surface area contributed by atoms with Gasteiger partial charge >= 0.3 is 0 Å². The van der Waals surface area contributed by atoms with Crippen LogP contribution >= 0.6 is 27.7 Å². The number of hydrogen-bond acceptors (Lipinski definition) is 7. The number of aromatic nitrogens is 5. The van der Waals surface area contributed by atoms with Gasteiger partial charge in [-0.05, 0) is 18.2 Å². The highest BCUT2D eigenvalue weighted by molar-refractivity contribution is 9.10. The van der Waals surface area contributed by atoms with Gasteiger partial charge in [-0.3, -0.25) is 5.10 Å². The maximum absolute atomic E-state index is 6.37. The molecule has 1 aliphatic rings. The number of nitrogens with one attached hydrogen (secondary N) is 2. The third-order valence-electron chi connectivity index (χ3n) is 4.73. The molecule has 0 bridgehead atoms. The van der Waals surface area contributed by atoms with Gasteiger partial charge < -0.3 is 10.1 Å².